The van der Waals surface area contributed by atoms with E-state index >= 15 is 0 Å². The van der Waals surface area contributed by atoms with Crippen molar-refractivity contribution in [2.45, 2.75) is 55.7 Å². The van der Waals surface area contributed by atoms with Crippen LogP contribution in [-0.2, 0) is 19.6 Å². The number of hydrogen-bond acceptors (Lipinski definition) is 5. The maximum atomic E-state index is 13.7. The third-order valence-electron chi connectivity index (χ3n) is 5.83. The molecule has 2 bridgehead atoms. The molecule has 30 heavy (non-hydrogen) atoms. The van der Waals surface area contributed by atoms with E-state index < -0.39 is 28.2 Å². The van der Waals surface area contributed by atoms with Gasteiger partial charge < -0.3 is 14.7 Å². The molecule has 2 aliphatic rings. The Morgan fingerprint density at radius 3 is 2.50 bits per heavy atom. The summed E-state index contributed by atoms with van der Waals surface area (Å²) >= 11 is 12.1. The van der Waals surface area contributed by atoms with E-state index in [0.717, 1.165) is 6.42 Å². The van der Waals surface area contributed by atoms with Crippen molar-refractivity contribution in [3.05, 3.63) is 28.2 Å². The molecule has 10 heteroatoms. The van der Waals surface area contributed by atoms with Crippen LogP contribution in [0.25, 0.3) is 0 Å². The normalized spacial score (nSPS) is 26.5. The molecule has 2 fully saturated rings. The predicted molar refractivity (Wildman–Crippen MR) is 115 cm³/mol. The Morgan fingerprint density at radius 1 is 1.23 bits per heavy atom. The number of amides is 1. The second kappa shape index (κ2) is 9.71. The van der Waals surface area contributed by atoms with Crippen LogP contribution in [0.2, 0.25) is 10.0 Å². The van der Waals surface area contributed by atoms with Crippen LogP contribution in [0.3, 0.4) is 0 Å². The average Bonchev–Trinajstić information content (AvgIpc) is 2.73. The molecule has 1 aromatic carbocycles. The summed E-state index contributed by atoms with van der Waals surface area (Å²) in [5, 5.41) is 10.5. The Hall–Kier alpha value is -0.900. The number of fused-ring (bicyclic) bond motifs is 2. The highest BCUT2D eigenvalue weighted by Gasteiger charge is 2.50. The number of halogens is 2. The summed E-state index contributed by atoms with van der Waals surface area (Å²) in [6, 6.07) is 3.01. The summed E-state index contributed by atoms with van der Waals surface area (Å²) in [6.45, 7) is 2.81. The fraction of sp³-hybridized carbons (Fsp3) is 0.650. The van der Waals surface area contributed by atoms with E-state index in [1.165, 1.54) is 22.5 Å². The number of aliphatic hydroxyl groups is 1. The number of ether oxygens (including phenoxy) is 1. The van der Waals surface area contributed by atoms with Crippen LogP contribution in [0.15, 0.2) is 23.1 Å². The maximum absolute atomic E-state index is 13.7. The zero-order valence-corrected chi connectivity index (χ0v) is 19.5. The lowest BCUT2D eigenvalue weighted by Crippen LogP contribution is -2.55. The molecular weight excluding hydrogens is 451 g/mol. The van der Waals surface area contributed by atoms with E-state index in [2.05, 4.69) is 0 Å². The molecule has 0 unspecified atom stereocenters. The Bertz CT molecular complexity index is 860. The van der Waals surface area contributed by atoms with Gasteiger partial charge >= 0.3 is 0 Å². The van der Waals surface area contributed by atoms with Gasteiger partial charge in [0.25, 0.3) is 0 Å². The largest absolute Gasteiger partial charge is 0.393 e. The second-order valence-electron chi connectivity index (χ2n) is 8.08. The highest BCUT2D eigenvalue weighted by atomic mass is 35.5. The lowest BCUT2D eigenvalue weighted by molar-refractivity contribution is -0.135. The number of hydrogen-bond donors (Lipinski definition) is 1. The third-order valence-corrected chi connectivity index (χ3v) is 8.18. The standard InChI is InChI=1S/C20H28Cl2N2O5S/c1-13(25)8-14-12-23(6-7-29-2)20(26)19-5-3-4-18(14)24(19)30(27,28)17-10-15(21)9-16(22)11-17/h9-11,13-14,18-19,25H,3-8,12H2,1-2H3/t13-,14-,18-,19+/m1/s1. The topological polar surface area (TPSA) is 87.2 Å². The highest BCUT2D eigenvalue weighted by Crippen LogP contribution is 2.39. The highest BCUT2D eigenvalue weighted by molar-refractivity contribution is 7.89. The molecule has 4 atom stereocenters. The first-order chi connectivity index (χ1) is 14.1. The van der Waals surface area contributed by atoms with Crippen LogP contribution in [0.4, 0.5) is 0 Å². The van der Waals surface area contributed by atoms with Crippen molar-refractivity contribution < 1.29 is 23.1 Å². The van der Waals surface area contributed by atoms with Gasteiger partial charge in [0.15, 0.2) is 0 Å². The van der Waals surface area contributed by atoms with Crippen molar-refractivity contribution in [2.75, 3.05) is 26.8 Å². The zero-order chi connectivity index (χ0) is 22.1. The van der Waals surface area contributed by atoms with Crippen LogP contribution >= 0.6 is 23.2 Å². The first kappa shape index (κ1) is 23.8. The van der Waals surface area contributed by atoms with Gasteiger partial charge in [-0.15, -0.1) is 0 Å². The fourth-order valence-electron chi connectivity index (χ4n) is 4.60. The smallest absolute Gasteiger partial charge is 0.244 e. The van der Waals surface area contributed by atoms with Gasteiger partial charge in [-0.25, -0.2) is 8.42 Å². The predicted octanol–water partition coefficient (Wildman–Crippen LogP) is 2.78. The Morgan fingerprint density at radius 2 is 1.90 bits per heavy atom. The number of aliphatic hydroxyl groups excluding tert-OH is 1. The summed E-state index contributed by atoms with van der Waals surface area (Å²) in [5.74, 6) is -0.415. The molecule has 0 aliphatic carbocycles. The molecule has 168 valence electrons. The Kier molecular flexibility index (Phi) is 7.69. The molecule has 1 N–H and O–H groups in total. The first-order valence-corrected chi connectivity index (χ1v) is 12.3. The van der Waals surface area contributed by atoms with Gasteiger partial charge in [0, 0.05) is 36.3 Å². The van der Waals surface area contributed by atoms with Crippen molar-refractivity contribution in [3.8, 4) is 0 Å². The maximum Gasteiger partial charge on any atom is 0.244 e. The van der Waals surface area contributed by atoms with Crippen LogP contribution in [0, 0.1) is 5.92 Å². The first-order valence-electron chi connectivity index (χ1n) is 10.1. The minimum Gasteiger partial charge on any atom is -0.393 e. The fourth-order valence-corrected chi connectivity index (χ4v) is 7.22. The Balaban J connectivity index is 2.08. The van der Waals surface area contributed by atoms with Crippen molar-refractivity contribution in [3.63, 3.8) is 0 Å². The van der Waals surface area contributed by atoms with Gasteiger partial charge in [0.1, 0.15) is 6.04 Å². The monoisotopic (exact) mass is 478 g/mol. The number of carbonyl (C=O) groups excluding carboxylic acids is 1. The summed E-state index contributed by atoms with van der Waals surface area (Å²) in [5.41, 5.74) is 0. The summed E-state index contributed by atoms with van der Waals surface area (Å²) < 4.78 is 33.9. The van der Waals surface area contributed by atoms with Crippen molar-refractivity contribution in [2.24, 2.45) is 5.92 Å². The molecule has 7 nitrogen and oxygen atoms in total. The molecule has 2 heterocycles. The molecule has 0 spiro atoms. The molecule has 1 amide bonds. The summed E-state index contributed by atoms with van der Waals surface area (Å²) in [6.07, 6.45) is 1.62. The van der Waals surface area contributed by atoms with E-state index in [0.29, 0.717) is 39.0 Å². The second-order valence-corrected chi connectivity index (χ2v) is 10.8. The zero-order valence-electron chi connectivity index (χ0n) is 17.1. The number of methoxy groups -OCH3 is 1. The van der Waals surface area contributed by atoms with Crippen LogP contribution < -0.4 is 0 Å². The number of nitrogens with zero attached hydrogens (tertiary/aromatic N) is 2. The lowest BCUT2D eigenvalue weighted by Gasteiger charge is -2.41. The molecular formula is C20H28Cl2N2O5S. The average molecular weight is 479 g/mol. The quantitative estimate of drug-likeness (QED) is 0.650. The van der Waals surface area contributed by atoms with Gasteiger partial charge in [-0.2, -0.15) is 4.31 Å². The van der Waals surface area contributed by atoms with Gasteiger partial charge in [-0.05, 0) is 56.7 Å². The minimum atomic E-state index is -4.03. The van der Waals surface area contributed by atoms with E-state index in [1.54, 1.807) is 18.9 Å². The van der Waals surface area contributed by atoms with Gasteiger partial charge in [-0.3, -0.25) is 4.79 Å². The number of sulfonamides is 1. The third kappa shape index (κ3) is 4.95. The van der Waals surface area contributed by atoms with Gasteiger partial charge in [-0.1, -0.05) is 23.2 Å². The van der Waals surface area contributed by atoms with Crippen LogP contribution in [-0.4, -0.2) is 73.6 Å². The molecule has 0 aromatic heterocycles. The van der Waals surface area contributed by atoms with E-state index in [4.69, 9.17) is 27.9 Å². The molecule has 2 aliphatic heterocycles. The number of piperidine rings is 1. The Labute approximate surface area is 187 Å². The summed E-state index contributed by atoms with van der Waals surface area (Å²) in [4.78, 5) is 15.0. The van der Waals surface area contributed by atoms with Gasteiger partial charge in [0.05, 0.1) is 17.6 Å². The number of benzene rings is 1. The number of carbonyl (C=O) groups is 1. The minimum absolute atomic E-state index is 0.0224. The van der Waals surface area contributed by atoms with E-state index in [1.807, 2.05) is 0 Å². The summed E-state index contributed by atoms with van der Waals surface area (Å²) in [7, 11) is -2.47. The van der Waals surface area contributed by atoms with Crippen molar-refractivity contribution >= 4 is 39.1 Å². The molecule has 0 radical (unpaired) electrons. The molecule has 3 rings (SSSR count). The number of rotatable bonds is 7. The van der Waals surface area contributed by atoms with Crippen molar-refractivity contribution in [1.82, 2.24) is 9.21 Å². The van der Waals surface area contributed by atoms with Crippen molar-refractivity contribution in [1.29, 1.82) is 0 Å². The lowest BCUT2D eigenvalue weighted by atomic mass is 9.87. The van der Waals surface area contributed by atoms with E-state index in [9.17, 15) is 18.3 Å². The SMILES string of the molecule is COCCN1C[C@@H](C[C@@H](C)O)[C@H]2CCC[C@@H](C1=O)N2S(=O)(=O)c1cc(Cl)cc(Cl)c1. The molecule has 1 aromatic rings. The van der Waals surface area contributed by atoms with E-state index in [-0.39, 0.29) is 26.8 Å². The molecule has 0 saturated carbocycles. The van der Waals surface area contributed by atoms with Gasteiger partial charge in [0.2, 0.25) is 15.9 Å². The molecule has 2 saturated heterocycles. The van der Waals surface area contributed by atoms with Crippen LogP contribution in [0.1, 0.15) is 32.6 Å². The van der Waals surface area contributed by atoms with Crippen LogP contribution in [0.5, 0.6) is 0 Å².